The SMILES string of the molecule is CCOc1ccc2ccccc2c1C(=O)Nc1ccc(Nc2cc(Nc3ccc(C)cc3)nc(C)n2)cc1. The molecule has 5 rings (SSSR count). The summed E-state index contributed by atoms with van der Waals surface area (Å²) < 4.78 is 5.76. The normalized spacial score (nSPS) is 10.7. The molecule has 1 amide bonds. The molecule has 3 N–H and O–H groups in total. The van der Waals surface area contributed by atoms with Crippen LogP contribution in [0.4, 0.5) is 28.7 Å². The van der Waals surface area contributed by atoms with Crippen LogP contribution in [0.3, 0.4) is 0 Å². The van der Waals surface area contributed by atoms with E-state index < -0.39 is 0 Å². The Morgan fingerprint density at radius 1 is 0.763 bits per heavy atom. The number of rotatable bonds is 8. The number of nitrogens with one attached hydrogen (secondary N) is 3. The van der Waals surface area contributed by atoms with E-state index in [0.29, 0.717) is 41.1 Å². The minimum atomic E-state index is -0.218. The standard InChI is InChI=1S/C31H29N5O2/c1-4-38-27-18-11-22-7-5-6-8-26(22)30(27)31(37)36-25-16-14-24(15-17-25)35-29-19-28(32-21(3)33-29)34-23-12-9-20(2)10-13-23/h5-19H,4H2,1-3H3,(H,36,37)(H2,32,33,34,35). The average molecular weight is 504 g/mol. The summed E-state index contributed by atoms with van der Waals surface area (Å²) in [7, 11) is 0. The topological polar surface area (TPSA) is 88.2 Å². The summed E-state index contributed by atoms with van der Waals surface area (Å²) in [4.78, 5) is 22.3. The number of aromatic nitrogens is 2. The van der Waals surface area contributed by atoms with Crippen LogP contribution in [0.15, 0.2) is 91.0 Å². The Bertz CT molecular complexity index is 1580. The lowest BCUT2D eigenvalue weighted by Crippen LogP contribution is -2.14. The van der Waals surface area contributed by atoms with E-state index in [2.05, 4.69) is 32.8 Å². The Labute approximate surface area is 221 Å². The van der Waals surface area contributed by atoms with E-state index >= 15 is 0 Å². The molecule has 0 aliphatic heterocycles. The molecule has 7 nitrogen and oxygen atoms in total. The Kier molecular flexibility index (Phi) is 7.17. The van der Waals surface area contributed by atoms with Crippen LogP contribution in [-0.4, -0.2) is 22.5 Å². The van der Waals surface area contributed by atoms with Gasteiger partial charge in [-0.1, -0.05) is 48.0 Å². The summed E-state index contributed by atoms with van der Waals surface area (Å²) in [6, 6.07) is 29.1. The predicted molar refractivity (Wildman–Crippen MR) is 154 cm³/mol. The Hall–Kier alpha value is -4.91. The van der Waals surface area contributed by atoms with Gasteiger partial charge in [0.1, 0.15) is 23.2 Å². The van der Waals surface area contributed by atoms with Gasteiger partial charge in [0, 0.05) is 23.1 Å². The Morgan fingerprint density at radius 2 is 1.37 bits per heavy atom. The zero-order chi connectivity index (χ0) is 26.5. The highest BCUT2D eigenvalue weighted by molar-refractivity contribution is 6.15. The van der Waals surface area contributed by atoms with Crippen LogP contribution >= 0.6 is 0 Å². The largest absolute Gasteiger partial charge is 0.493 e. The summed E-state index contributed by atoms with van der Waals surface area (Å²) in [6.45, 7) is 6.29. The number of benzene rings is 4. The molecular formula is C31H29N5O2. The number of ether oxygens (including phenoxy) is 1. The second kappa shape index (κ2) is 11.0. The first-order chi connectivity index (χ1) is 18.5. The maximum atomic E-state index is 13.3. The fraction of sp³-hybridized carbons (Fsp3) is 0.129. The Balaban J connectivity index is 1.31. The minimum absolute atomic E-state index is 0.218. The molecule has 1 heterocycles. The number of hydrogen-bond acceptors (Lipinski definition) is 6. The molecule has 0 unspecified atom stereocenters. The summed E-state index contributed by atoms with van der Waals surface area (Å²) >= 11 is 0. The zero-order valence-electron chi connectivity index (χ0n) is 21.6. The quantitative estimate of drug-likeness (QED) is 0.205. The van der Waals surface area contributed by atoms with Crippen molar-refractivity contribution in [2.45, 2.75) is 20.8 Å². The maximum absolute atomic E-state index is 13.3. The van der Waals surface area contributed by atoms with Gasteiger partial charge in [-0.15, -0.1) is 0 Å². The van der Waals surface area contributed by atoms with Gasteiger partial charge in [-0.05, 0) is 74.0 Å². The van der Waals surface area contributed by atoms with Gasteiger partial charge < -0.3 is 20.7 Å². The molecule has 0 aliphatic rings. The molecular weight excluding hydrogens is 474 g/mol. The second-order valence-corrected chi connectivity index (χ2v) is 8.93. The lowest BCUT2D eigenvalue weighted by molar-refractivity contribution is 0.102. The third-order valence-electron chi connectivity index (χ3n) is 5.99. The van der Waals surface area contributed by atoms with E-state index in [1.807, 2.05) is 105 Å². The molecule has 0 aliphatic carbocycles. The third kappa shape index (κ3) is 5.73. The second-order valence-electron chi connectivity index (χ2n) is 8.93. The van der Waals surface area contributed by atoms with Crippen LogP contribution in [0.25, 0.3) is 10.8 Å². The predicted octanol–water partition coefficient (Wildman–Crippen LogP) is 7.38. The zero-order valence-corrected chi connectivity index (χ0v) is 21.6. The van der Waals surface area contributed by atoms with Crippen LogP contribution < -0.4 is 20.7 Å². The number of carbonyl (C=O) groups excluding carboxylic acids is 1. The van der Waals surface area contributed by atoms with Crippen molar-refractivity contribution in [2.24, 2.45) is 0 Å². The molecule has 0 bridgehead atoms. The van der Waals surface area contributed by atoms with E-state index in [4.69, 9.17) is 4.74 Å². The van der Waals surface area contributed by atoms with Gasteiger partial charge in [-0.25, -0.2) is 9.97 Å². The number of hydrogen-bond donors (Lipinski definition) is 3. The van der Waals surface area contributed by atoms with Gasteiger partial charge in [0.25, 0.3) is 5.91 Å². The monoisotopic (exact) mass is 503 g/mol. The van der Waals surface area contributed by atoms with Crippen molar-refractivity contribution in [3.8, 4) is 5.75 Å². The fourth-order valence-electron chi connectivity index (χ4n) is 4.22. The molecule has 38 heavy (non-hydrogen) atoms. The molecule has 0 atom stereocenters. The van der Waals surface area contributed by atoms with Crippen molar-refractivity contribution in [3.05, 3.63) is 108 Å². The molecule has 0 radical (unpaired) electrons. The van der Waals surface area contributed by atoms with Crippen molar-refractivity contribution >= 4 is 45.4 Å². The first-order valence-electron chi connectivity index (χ1n) is 12.5. The molecule has 0 saturated heterocycles. The van der Waals surface area contributed by atoms with Crippen LogP contribution in [0, 0.1) is 13.8 Å². The van der Waals surface area contributed by atoms with Crippen molar-refractivity contribution in [3.63, 3.8) is 0 Å². The molecule has 4 aromatic carbocycles. The number of aryl methyl sites for hydroxylation is 2. The van der Waals surface area contributed by atoms with Gasteiger partial charge in [-0.2, -0.15) is 0 Å². The van der Waals surface area contributed by atoms with Crippen molar-refractivity contribution in [1.29, 1.82) is 0 Å². The summed E-state index contributed by atoms with van der Waals surface area (Å²) in [6.07, 6.45) is 0. The van der Waals surface area contributed by atoms with E-state index in [9.17, 15) is 4.79 Å². The average Bonchev–Trinajstić information content (AvgIpc) is 2.91. The van der Waals surface area contributed by atoms with Crippen LogP contribution in [0.2, 0.25) is 0 Å². The first-order valence-corrected chi connectivity index (χ1v) is 12.5. The highest BCUT2D eigenvalue weighted by Gasteiger charge is 2.17. The first kappa shape index (κ1) is 24.8. The minimum Gasteiger partial charge on any atom is -0.493 e. The summed E-state index contributed by atoms with van der Waals surface area (Å²) in [5.74, 6) is 2.36. The van der Waals surface area contributed by atoms with Crippen molar-refractivity contribution in [2.75, 3.05) is 22.6 Å². The molecule has 0 saturated carbocycles. The van der Waals surface area contributed by atoms with Crippen LogP contribution in [0.1, 0.15) is 28.7 Å². The van der Waals surface area contributed by atoms with E-state index in [-0.39, 0.29) is 5.91 Å². The molecule has 1 aromatic heterocycles. The fourth-order valence-corrected chi connectivity index (χ4v) is 4.22. The lowest BCUT2D eigenvalue weighted by atomic mass is 10.0. The highest BCUT2D eigenvalue weighted by Crippen LogP contribution is 2.29. The molecule has 5 aromatic rings. The maximum Gasteiger partial charge on any atom is 0.260 e. The summed E-state index contributed by atoms with van der Waals surface area (Å²) in [5.41, 5.74) is 4.19. The van der Waals surface area contributed by atoms with Crippen molar-refractivity contribution in [1.82, 2.24) is 9.97 Å². The third-order valence-corrected chi connectivity index (χ3v) is 5.99. The number of amides is 1. The molecule has 7 heteroatoms. The van der Waals surface area contributed by atoms with E-state index in [0.717, 1.165) is 22.1 Å². The smallest absolute Gasteiger partial charge is 0.260 e. The van der Waals surface area contributed by atoms with Crippen LogP contribution in [0.5, 0.6) is 5.75 Å². The van der Waals surface area contributed by atoms with Crippen molar-refractivity contribution < 1.29 is 9.53 Å². The van der Waals surface area contributed by atoms with Gasteiger partial charge in [0.2, 0.25) is 0 Å². The molecule has 0 spiro atoms. The van der Waals surface area contributed by atoms with Gasteiger partial charge in [0.15, 0.2) is 0 Å². The van der Waals surface area contributed by atoms with Gasteiger partial charge in [-0.3, -0.25) is 4.79 Å². The lowest BCUT2D eigenvalue weighted by Gasteiger charge is -2.14. The molecule has 0 fully saturated rings. The highest BCUT2D eigenvalue weighted by atomic mass is 16.5. The Morgan fingerprint density at radius 3 is 2.03 bits per heavy atom. The summed E-state index contributed by atoms with van der Waals surface area (Å²) in [5, 5.41) is 11.5. The number of anilines is 5. The van der Waals surface area contributed by atoms with E-state index in [1.165, 1.54) is 5.56 Å². The number of nitrogens with zero attached hydrogens (tertiary/aromatic N) is 2. The van der Waals surface area contributed by atoms with Crippen LogP contribution in [-0.2, 0) is 0 Å². The number of fused-ring (bicyclic) bond motifs is 1. The van der Waals surface area contributed by atoms with E-state index in [1.54, 1.807) is 0 Å². The number of carbonyl (C=O) groups is 1. The van der Waals surface area contributed by atoms with Gasteiger partial charge in [0.05, 0.1) is 12.2 Å². The van der Waals surface area contributed by atoms with Gasteiger partial charge >= 0.3 is 0 Å². The molecule has 190 valence electrons.